The van der Waals surface area contributed by atoms with Crippen LogP contribution in [0.5, 0.6) is 0 Å². The summed E-state index contributed by atoms with van der Waals surface area (Å²) in [4.78, 5) is 86.9. The summed E-state index contributed by atoms with van der Waals surface area (Å²) < 4.78 is 50.1. The molecule has 18 nitrogen and oxygen atoms in total. The summed E-state index contributed by atoms with van der Waals surface area (Å²) in [5, 5.41) is 0. The fourth-order valence-corrected chi connectivity index (χ4v) is 5.08. The van der Waals surface area contributed by atoms with Gasteiger partial charge in [0, 0.05) is 61.8 Å². The van der Waals surface area contributed by atoms with Crippen molar-refractivity contribution in [2.24, 2.45) is 0 Å². The van der Waals surface area contributed by atoms with Gasteiger partial charge in [-0.1, -0.05) is 0 Å². The van der Waals surface area contributed by atoms with Gasteiger partial charge in [0.15, 0.2) is 41.6 Å². The molecule has 1 aromatic rings. The van der Waals surface area contributed by atoms with Gasteiger partial charge in [0.25, 0.3) is 0 Å². The lowest BCUT2D eigenvalue weighted by molar-refractivity contribution is -0.280. The Balaban J connectivity index is 2.75. The lowest BCUT2D eigenvalue weighted by atomic mass is 9.96. The van der Waals surface area contributed by atoms with Crippen molar-refractivity contribution in [3.63, 3.8) is 0 Å². The molecule has 1 saturated heterocycles. The molecule has 0 amide bonds. The normalized spacial score (nSPS) is 22.4. The molecule has 0 unspecified atom stereocenters. The molecule has 0 aromatic carbocycles. The zero-order chi connectivity index (χ0) is 35.6. The van der Waals surface area contributed by atoms with E-state index in [4.69, 9.17) is 54.8 Å². The fourth-order valence-electron chi connectivity index (χ4n) is 4.79. The summed E-state index contributed by atoms with van der Waals surface area (Å²) in [5.41, 5.74) is -0.0288. The third kappa shape index (κ3) is 11.4. The number of nitrogens with one attached hydrogen (secondary N) is 1. The Labute approximate surface area is 274 Å². The fraction of sp³-hybridized carbons (Fsp3) is 0.643. The van der Waals surface area contributed by atoms with E-state index in [1.54, 1.807) is 0 Å². The second-order valence-corrected chi connectivity index (χ2v) is 10.6. The van der Waals surface area contributed by atoms with Crippen LogP contribution in [-0.4, -0.2) is 108 Å². The van der Waals surface area contributed by atoms with E-state index in [1.165, 1.54) is 17.9 Å². The van der Waals surface area contributed by atoms with Crippen molar-refractivity contribution < 1.29 is 76.2 Å². The maximum absolute atomic E-state index is 12.3. The first kappa shape index (κ1) is 38.8. The average molecular weight is 691 g/mol. The summed E-state index contributed by atoms with van der Waals surface area (Å²) >= 11 is 5.57. The van der Waals surface area contributed by atoms with Gasteiger partial charge in [-0.15, -0.1) is 0 Å². The van der Waals surface area contributed by atoms with Crippen LogP contribution in [0.4, 0.5) is 0 Å². The van der Waals surface area contributed by atoms with Crippen molar-refractivity contribution in [3.05, 3.63) is 16.7 Å². The number of ether oxygens (including phenoxy) is 9. The predicted octanol–water partition coefficient (Wildman–Crippen LogP) is 0.915. The highest BCUT2D eigenvalue weighted by molar-refractivity contribution is 7.71. The molecule has 1 fully saturated rings. The SMILES string of the molecule is CO[C@H]1O[C@H](COC(C)=O)[C@@H](OC(C)=O)[C@H](OC(C)=O)[C@H]1n1cc([C@@H](OC(C)=O)[C@H](OC(C)=O)[C@@H](COC(C)=O)OC(C)=O)[nH]c1=S. The summed E-state index contributed by atoms with van der Waals surface area (Å²) in [6.07, 6.45) is -8.46. The van der Waals surface area contributed by atoms with E-state index in [1.807, 2.05) is 0 Å². The highest BCUT2D eigenvalue weighted by atomic mass is 32.1. The molecular formula is C28H38N2O16S. The number of aromatic amines is 1. The Bertz CT molecular complexity index is 1390. The largest absolute Gasteiger partial charge is 0.463 e. The van der Waals surface area contributed by atoms with E-state index >= 15 is 0 Å². The zero-order valence-corrected chi connectivity index (χ0v) is 27.8. The monoisotopic (exact) mass is 690 g/mol. The Morgan fingerprint density at radius 1 is 0.787 bits per heavy atom. The molecule has 2 rings (SSSR count). The zero-order valence-electron chi connectivity index (χ0n) is 27.0. The first-order chi connectivity index (χ1) is 21.9. The topological polar surface area (TPSA) is 223 Å². The third-order valence-electron chi connectivity index (χ3n) is 6.32. The van der Waals surface area contributed by atoms with Gasteiger partial charge < -0.3 is 52.2 Å². The van der Waals surface area contributed by atoms with Crippen LogP contribution in [0.1, 0.15) is 66.3 Å². The standard InChI is InChI=1S/C28H38N2O16S/c1-12(31)39-10-20(41-14(3)33)24(43-16(5)35)23(42-15(4)34)19-9-30(28(47)29-19)22-26(45-18(7)37)25(44-17(6)36)21(11-40-13(2)32)46-27(22)38-8/h9,20-27H,10-11H2,1-8H3,(H,29,47)/t20-,21-,22-,23-,24-,25-,26-,27+/m1/s1. The molecule has 19 heteroatoms. The van der Waals surface area contributed by atoms with Crippen LogP contribution in [0, 0.1) is 4.77 Å². The molecule has 1 N–H and O–H groups in total. The van der Waals surface area contributed by atoms with Crippen molar-refractivity contribution in [1.82, 2.24) is 9.55 Å². The van der Waals surface area contributed by atoms with E-state index in [2.05, 4.69) is 4.98 Å². The van der Waals surface area contributed by atoms with Gasteiger partial charge in [-0.3, -0.25) is 33.6 Å². The minimum absolute atomic E-state index is 0.0288. The Morgan fingerprint density at radius 2 is 1.34 bits per heavy atom. The van der Waals surface area contributed by atoms with Crippen molar-refractivity contribution in [3.8, 4) is 0 Å². The molecule has 47 heavy (non-hydrogen) atoms. The van der Waals surface area contributed by atoms with Gasteiger partial charge >= 0.3 is 41.8 Å². The molecule has 0 radical (unpaired) electrons. The molecule has 1 aliphatic heterocycles. The van der Waals surface area contributed by atoms with Gasteiger partial charge in [0.2, 0.25) is 0 Å². The molecule has 2 heterocycles. The first-order valence-electron chi connectivity index (χ1n) is 14.1. The lowest BCUT2D eigenvalue weighted by Gasteiger charge is -2.44. The van der Waals surface area contributed by atoms with Crippen LogP contribution in [0.15, 0.2) is 6.20 Å². The Kier molecular flexibility index (Phi) is 14.5. The highest BCUT2D eigenvalue weighted by Crippen LogP contribution is 2.37. The molecular weight excluding hydrogens is 652 g/mol. The van der Waals surface area contributed by atoms with Crippen LogP contribution in [-0.2, 0) is 76.2 Å². The number of nitrogens with zero attached hydrogens (tertiary/aromatic N) is 1. The number of esters is 7. The first-order valence-corrected chi connectivity index (χ1v) is 14.5. The number of rotatable bonds is 14. The average Bonchev–Trinajstić information content (AvgIpc) is 3.32. The number of hydrogen-bond acceptors (Lipinski definition) is 17. The minimum Gasteiger partial charge on any atom is -0.463 e. The Morgan fingerprint density at radius 3 is 1.83 bits per heavy atom. The predicted molar refractivity (Wildman–Crippen MR) is 154 cm³/mol. The van der Waals surface area contributed by atoms with E-state index in [-0.39, 0.29) is 10.5 Å². The third-order valence-corrected chi connectivity index (χ3v) is 6.63. The van der Waals surface area contributed by atoms with E-state index in [9.17, 15) is 33.6 Å². The molecule has 0 bridgehead atoms. The summed E-state index contributed by atoms with van der Waals surface area (Å²) in [7, 11) is 1.27. The number of carbonyl (C=O) groups excluding carboxylic acids is 7. The number of aromatic nitrogens is 2. The minimum atomic E-state index is -1.59. The number of H-pyrrole nitrogens is 1. The number of carbonyl (C=O) groups is 7. The highest BCUT2D eigenvalue weighted by Gasteiger charge is 2.52. The summed E-state index contributed by atoms with van der Waals surface area (Å²) in [6, 6.07) is -1.20. The summed E-state index contributed by atoms with van der Waals surface area (Å²) in [5.74, 6) is -5.53. The van der Waals surface area contributed by atoms with Gasteiger partial charge in [0.1, 0.15) is 25.4 Å². The number of hydrogen-bond donors (Lipinski definition) is 1. The molecule has 8 atom stereocenters. The van der Waals surface area contributed by atoms with Crippen LogP contribution < -0.4 is 0 Å². The van der Waals surface area contributed by atoms with Crippen molar-refractivity contribution in [2.45, 2.75) is 97.4 Å². The maximum Gasteiger partial charge on any atom is 0.303 e. The lowest BCUT2D eigenvalue weighted by Crippen LogP contribution is -2.59. The quantitative estimate of drug-likeness (QED) is 0.163. The van der Waals surface area contributed by atoms with Crippen molar-refractivity contribution in [2.75, 3.05) is 20.3 Å². The van der Waals surface area contributed by atoms with Crippen LogP contribution in [0.2, 0.25) is 0 Å². The van der Waals surface area contributed by atoms with Gasteiger partial charge in [-0.25, -0.2) is 0 Å². The van der Waals surface area contributed by atoms with Crippen molar-refractivity contribution in [1.29, 1.82) is 0 Å². The number of methoxy groups -OCH3 is 1. The van der Waals surface area contributed by atoms with E-state index < -0.39 is 104 Å². The Hall–Kier alpha value is -4.36. The van der Waals surface area contributed by atoms with Crippen molar-refractivity contribution >= 4 is 54.0 Å². The molecule has 0 aliphatic carbocycles. The van der Waals surface area contributed by atoms with Crippen LogP contribution in [0.3, 0.4) is 0 Å². The molecule has 0 spiro atoms. The van der Waals surface area contributed by atoms with Gasteiger partial charge in [-0.2, -0.15) is 0 Å². The maximum atomic E-state index is 12.3. The molecule has 262 valence electrons. The van der Waals surface area contributed by atoms with E-state index in [0.29, 0.717) is 0 Å². The molecule has 1 aliphatic rings. The van der Waals surface area contributed by atoms with Gasteiger partial charge in [-0.05, 0) is 12.2 Å². The summed E-state index contributed by atoms with van der Waals surface area (Å²) in [6.45, 7) is 6.67. The van der Waals surface area contributed by atoms with Crippen LogP contribution in [0.25, 0.3) is 0 Å². The molecule has 0 saturated carbocycles. The second kappa shape index (κ2) is 17.5. The molecule has 1 aromatic heterocycles. The van der Waals surface area contributed by atoms with Gasteiger partial charge in [0.05, 0.1) is 5.69 Å². The second-order valence-electron chi connectivity index (χ2n) is 10.2. The smallest absolute Gasteiger partial charge is 0.303 e. The number of imidazole rings is 1. The van der Waals surface area contributed by atoms with E-state index in [0.717, 1.165) is 48.5 Å². The van der Waals surface area contributed by atoms with Crippen LogP contribution >= 0.6 is 12.2 Å².